The minimum Gasteiger partial charge on any atom is -0.370 e. The molecule has 1 aliphatic rings. The number of hydrogen-bond acceptors (Lipinski definition) is 2. The van der Waals surface area contributed by atoms with Gasteiger partial charge in [0.25, 0.3) is 0 Å². The molecule has 2 rings (SSSR count). The summed E-state index contributed by atoms with van der Waals surface area (Å²) in [5, 5.41) is 0.843. The predicted molar refractivity (Wildman–Crippen MR) is 84.0 cm³/mol. The Labute approximate surface area is 121 Å². The van der Waals surface area contributed by atoms with E-state index in [1.54, 1.807) is 0 Å². The molecule has 0 aliphatic heterocycles. The van der Waals surface area contributed by atoms with Gasteiger partial charge in [0, 0.05) is 19.1 Å². The first-order chi connectivity index (χ1) is 9.04. The van der Waals surface area contributed by atoms with E-state index in [9.17, 15) is 0 Å². The van der Waals surface area contributed by atoms with Crippen molar-refractivity contribution >= 4 is 17.3 Å². The normalized spacial score (nSPS) is 18.2. The summed E-state index contributed by atoms with van der Waals surface area (Å²) in [4.78, 5) is 2.34. The summed E-state index contributed by atoms with van der Waals surface area (Å²) in [5.41, 5.74) is 8.56. The maximum absolute atomic E-state index is 6.44. The fraction of sp³-hybridized carbons (Fsp3) is 0.625. The minimum atomic E-state index is 0.210. The van der Waals surface area contributed by atoms with E-state index in [-0.39, 0.29) is 6.04 Å². The number of hydrogen-bond donors (Lipinski definition) is 1. The van der Waals surface area contributed by atoms with Gasteiger partial charge in [0.15, 0.2) is 0 Å². The second-order valence-corrected chi connectivity index (χ2v) is 6.22. The van der Waals surface area contributed by atoms with Crippen LogP contribution < -0.4 is 10.6 Å². The highest BCUT2D eigenvalue weighted by Crippen LogP contribution is 2.39. The van der Waals surface area contributed by atoms with Gasteiger partial charge in [0.05, 0.1) is 10.7 Å². The highest BCUT2D eigenvalue weighted by Gasteiger charge is 2.31. The highest BCUT2D eigenvalue weighted by molar-refractivity contribution is 6.33. The summed E-state index contributed by atoms with van der Waals surface area (Å²) in [7, 11) is 2.16. The number of rotatable bonds is 6. The molecule has 1 saturated carbocycles. The molecule has 19 heavy (non-hydrogen) atoms. The van der Waals surface area contributed by atoms with E-state index >= 15 is 0 Å². The van der Waals surface area contributed by atoms with Crippen LogP contribution in [0, 0.1) is 5.92 Å². The number of para-hydroxylation sites is 1. The number of benzene rings is 1. The number of nitrogens with zero attached hydrogens (tertiary/aromatic N) is 1. The Bertz CT molecular complexity index is 429. The lowest BCUT2D eigenvalue weighted by Gasteiger charge is -2.30. The van der Waals surface area contributed by atoms with E-state index in [0.717, 1.165) is 23.8 Å². The Kier molecular flexibility index (Phi) is 4.75. The maximum Gasteiger partial charge on any atom is 0.0642 e. The van der Waals surface area contributed by atoms with Gasteiger partial charge in [-0.05, 0) is 50.2 Å². The zero-order valence-corrected chi connectivity index (χ0v) is 13.0. The molecule has 2 nitrogen and oxygen atoms in total. The van der Waals surface area contributed by atoms with Gasteiger partial charge < -0.3 is 10.6 Å². The molecule has 2 atom stereocenters. The highest BCUT2D eigenvalue weighted by atomic mass is 35.5. The summed E-state index contributed by atoms with van der Waals surface area (Å²) in [6.07, 6.45) is 4.58. The van der Waals surface area contributed by atoms with Crippen molar-refractivity contribution in [2.45, 2.75) is 51.6 Å². The third-order valence-electron chi connectivity index (χ3n) is 4.34. The van der Waals surface area contributed by atoms with Crippen LogP contribution in [0.15, 0.2) is 18.2 Å². The van der Waals surface area contributed by atoms with E-state index < -0.39 is 0 Å². The Hall–Kier alpha value is -0.730. The summed E-state index contributed by atoms with van der Waals surface area (Å²) in [6, 6.07) is 6.93. The van der Waals surface area contributed by atoms with Crippen molar-refractivity contribution in [1.29, 1.82) is 0 Å². The molecule has 1 fully saturated rings. The van der Waals surface area contributed by atoms with Gasteiger partial charge in [-0.15, -0.1) is 0 Å². The van der Waals surface area contributed by atoms with Crippen molar-refractivity contribution in [3.05, 3.63) is 28.8 Å². The Morgan fingerprint density at radius 2 is 2.11 bits per heavy atom. The van der Waals surface area contributed by atoms with Gasteiger partial charge >= 0.3 is 0 Å². The number of nitrogens with two attached hydrogens (primary N) is 1. The van der Waals surface area contributed by atoms with Gasteiger partial charge in [-0.1, -0.05) is 30.7 Å². The van der Waals surface area contributed by atoms with Crippen LogP contribution in [0.2, 0.25) is 5.02 Å². The van der Waals surface area contributed by atoms with Gasteiger partial charge in [-0.2, -0.15) is 0 Å². The lowest BCUT2D eigenvalue weighted by atomic mass is 10.0. The molecule has 106 valence electrons. The monoisotopic (exact) mass is 280 g/mol. The van der Waals surface area contributed by atoms with Gasteiger partial charge in [0.2, 0.25) is 0 Å². The second kappa shape index (κ2) is 6.15. The van der Waals surface area contributed by atoms with Crippen molar-refractivity contribution < 1.29 is 0 Å². The van der Waals surface area contributed by atoms with Crippen molar-refractivity contribution in [3.8, 4) is 0 Å². The fourth-order valence-corrected chi connectivity index (χ4v) is 2.97. The molecule has 1 aliphatic carbocycles. The fourth-order valence-electron chi connectivity index (χ4n) is 2.65. The van der Waals surface area contributed by atoms with E-state index in [1.807, 2.05) is 12.1 Å². The molecule has 2 N–H and O–H groups in total. The predicted octanol–water partition coefficient (Wildman–Crippen LogP) is 3.85. The minimum absolute atomic E-state index is 0.210. The molecular formula is C16H25ClN2. The van der Waals surface area contributed by atoms with Crippen LogP contribution in [0.25, 0.3) is 0 Å². The average molecular weight is 281 g/mol. The van der Waals surface area contributed by atoms with E-state index in [4.69, 9.17) is 17.3 Å². The zero-order chi connectivity index (χ0) is 14.0. The topological polar surface area (TPSA) is 29.3 Å². The summed E-state index contributed by atoms with van der Waals surface area (Å²) < 4.78 is 0. The second-order valence-electron chi connectivity index (χ2n) is 5.81. The Morgan fingerprint density at radius 1 is 1.42 bits per heavy atom. The molecule has 1 aromatic carbocycles. The van der Waals surface area contributed by atoms with Crippen molar-refractivity contribution in [2.24, 2.45) is 11.7 Å². The first-order valence-electron chi connectivity index (χ1n) is 7.30. The quantitative estimate of drug-likeness (QED) is 0.857. The molecule has 0 aromatic heterocycles. The zero-order valence-electron chi connectivity index (χ0n) is 12.2. The molecule has 3 heteroatoms. The molecular weight excluding hydrogens is 256 g/mol. The Morgan fingerprint density at radius 3 is 2.68 bits per heavy atom. The molecule has 0 radical (unpaired) electrons. The van der Waals surface area contributed by atoms with Crippen LogP contribution in [0.4, 0.5) is 5.69 Å². The summed E-state index contributed by atoms with van der Waals surface area (Å²) in [5.74, 6) is 0.828. The smallest absolute Gasteiger partial charge is 0.0642 e. The standard InChI is InChI=1S/C16H25ClN2/c1-4-14(18)10-13-6-5-7-15(17)16(13)19(3)11(2)12-8-9-12/h5-7,11-12,14H,4,8-10,18H2,1-3H3. The average Bonchev–Trinajstić information content (AvgIpc) is 3.21. The molecule has 0 amide bonds. The van der Waals surface area contributed by atoms with Crippen molar-refractivity contribution in [3.63, 3.8) is 0 Å². The first kappa shape index (κ1) is 14.7. The number of halogens is 1. The van der Waals surface area contributed by atoms with E-state index in [2.05, 4.69) is 31.9 Å². The van der Waals surface area contributed by atoms with E-state index in [1.165, 1.54) is 24.1 Å². The van der Waals surface area contributed by atoms with Crippen LogP contribution in [-0.4, -0.2) is 19.1 Å². The molecule has 2 unspecified atom stereocenters. The molecule has 0 saturated heterocycles. The molecule has 1 aromatic rings. The van der Waals surface area contributed by atoms with Crippen LogP contribution in [0.3, 0.4) is 0 Å². The lowest BCUT2D eigenvalue weighted by molar-refractivity contribution is 0.601. The number of anilines is 1. The molecule has 0 spiro atoms. The first-order valence-corrected chi connectivity index (χ1v) is 7.68. The van der Waals surface area contributed by atoms with Crippen molar-refractivity contribution in [2.75, 3.05) is 11.9 Å². The van der Waals surface area contributed by atoms with Crippen LogP contribution in [0.1, 0.15) is 38.7 Å². The lowest BCUT2D eigenvalue weighted by Crippen LogP contribution is -2.32. The Balaban J connectivity index is 2.25. The third-order valence-corrected chi connectivity index (χ3v) is 4.65. The maximum atomic E-state index is 6.44. The van der Waals surface area contributed by atoms with Gasteiger partial charge in [-0.3, -0.25) is 0 Å². The van der Waals surface area contributed by atoms with Crippen LogP contribution in [0.5, 0.6) is 0 Å². The largest absolute Gasteiger partial charge is 0.370 e. The van der Waals surface area contributed by atoms with Crippen LogP contribution >= 0.6 is 11.6 Å². The van der Waals surface area contributed by atoms with Crippen LogP contribution in [-0.2, 0) is 6.42 Å². The molecule has 0 heterocycles. The van der Waals surface area contributed by atoms with Crippen molar-refractivity contribution in [1.82, 2.24) is 0 Å². The molecule has 0 bridgehead atoms. The third kappa shape index (κ3) is 3.43. The summed E-state index contributed by atoms with van der Waals surface area (Å²) in [6.45, 7) is 4.43. The summed E-state index contributed by atoms with van der Waals surface area (Å²) >= 11 is 6.44. The van der Waals surface area contributed by atoms with Gasteiger partial charge in [-0.25, -0.2) is 0 Å². The van der Waals surface area contributed by atoms with E-state index in [0.29, 0.717) is 6.04 Å². The SMILES string of the molecule is CCC(N)Cc1cccc(Cl)c1N(C)C(C)C1CC1. The van der Waals surface area contributed by atoms with Gasteiger partial charge in [0.1, 0.15) is 0 Å².